The van der Waals surface area contributed by atoms with E-state index in [-0.39, 0.29) is 0 Å². The molecule has 1 fully saturated rings. The number of nitrogens with zero attached hydrogens (tertiary/aromatic N) is 4. The number of allylic oxidation sites excluding steroid dienone is 8. The van der Waals surface area contributed by atoms with Crippen LogP contribution in [0.25, 0.3) is 55.1 Å². The molecule has 0 spiro atoms. The molecule has 4 aromatic heterocycles. The van der Waals surface area contributed by atoms with E-state index in [1.54, 1.807) is 0 Å². The molecule has 55 heavy (non-hydrogen) atoms. The molecule has 0 bridgehead atoms. The maximum absolute atomic E-state index is 4.74. The van der Waals surface area contributed by atoms with Gasteiger partial charge in [-0.2, -0.15) is 0 Å². The molecule has 4 aromatic carbocycles. The molecule has 8 aromatic rings. The third-order valence-electron chi connectivity index (χ3n) is 11.8. The first-order valence-corrected chi connectivity index (χ1v) is 19.3. The van der Waals surface area contributed by atoms with Gasteiger partial charge in [0.2, 0.25) is 0 Å². The summed E-state index contributed by atoms with van der Waals surface area (Å²) >= 11 is 0. The van der Waals surface area contributed by atoms with E-state index < -0.39 is 0 Å². The lowest BCUT2D eigenvalue weighted by Crippen LogP contribution is -2.20. The van der Waals surface area contributed by atoms with E-state index in [0.717, 1.165) is 68.3 Å². The van der Waals surface area contributed by atoms with Crippen molar-refractivity contribution < 1.29 is 0 Å². The summed E-state index contributed by atoms with van der Waals surface area (Å²) in [7, 11) is 0. The van der Waals surface area contributed by atoms with Crippen LogP contribution >= 0.6 is 0 Å². The highest BCUT2D eigenvalue weighted by atomic mass is 15.2. The van der Waals surface area contributed by atoms with Crippen molar-refractivity contribution in [3.8, 4) is 22.3 Å². The summed E-state index contributed by atoms with van der Waals surface area (Å²) in [6.07, 6.45) is 21.2. The Hall–Kier alpha value is -6.78. The molecule has 4 nitrogen and oxygen atoms in total. The topological polar surface area (TPSA) is 33.4 Å². The molecular weight excluding hydrogens is 669 g/mol. The zero-order valence-corrected chi connectivity index (χ0v) is 30.4. The molecule has 3 aliphatic rings. The summed E-state index contributed by atoms with van der Waals surface area (Å²) in [5.74, 6) is 1.03. The second kappa shape index (κ2) is 13.0. The average molecular weight is 707 g/mol. The number of anilines is 2. The quantitative estimate of drug-likeness (QED) is 0.165. The molecule has 0 N–H and O–H groups in total. The standard InChI is InChI=1S/C51H38N4/c1-3-10-49-38(7-1)27-40(31-52-49)34-16-20-43(21-17-34)55(44-22-18-35(19-23-44)41-28-39-8-2-4-11-50(39)53-32-41)51-25-24-46(47-30-48(47)51)37-14-12-36(13-15-37)42-29-45-9-5-6-26-54(45)33-42/h1-12,14,16-29,31-33,47-48H,13,15,30H2/t47?,48-/m0/s1. The van der Waals surface area contributed by atoms with Gasteiger partial charge in [0.15, 0.2) is 0 Å². The Morgan fingerprint density at radius 3 is 1.73 bits per heavy atom. The summed E-state index contributed by atoms with van der Waals surface area (Å²) in [4.78, 5) is 12.0. The first-order chi connectivity index (χ1) is 27.2. The van der Waals surface area contributed by atoms with Gasteiger partial charge in [-0.25, -0.2) is 0 Å². The summed E-state index contributed by atoms with van der Waals surface area (Å²) in [6.45, 7) is 0. The maximum atomic E-state index is 4.74. The Morgan fingerprint density at radius 2 is 1.11 bits per heavy atom. The molecule has 11 rings (SSSR count). The van der Waals surface area contributed by atoms with Crippen LogP contribution in [0.2, 0.25) is 0 Å². The minimum atomic E-state index is 0.483. The molecule has 0 saturated heterocycles. The zero-order valence-electron chi connectivity index (χ0n) is 30.4. The van der Waals surface area contributed by atoms with E-state index in [1.807, 2.05) is 24.5 Å². The zero-order chi connectivity index (χ0) is 36.3. The highest BCUT2D eigenvalue weighted by Crippen LogP contribution is 2.56. The molecule has 2 atom stereocenters. The van der Waals surface area contributed by atoms with Crippen LogP contribution in [0.15, 0.2) is 199 Å². The molecule has 4 heterocycles. The summed E-state index contributed by atoms with van der Waals surface area (Å²) in [5, 5.41) is 2.31. The van der Waals surface area contributed by atoms with E-state index in [1.165, 1.54) is 39.9 Å². The van der Waals surface area contributed by atoms with Gasteiger partial charge in [0.25, 0.3) is 0 Å². The first-order valence-electron chi connectivity index (χ1n) is 19.3. The largest absolute Gasteiger partial charge is 0.323 e. The van der Waals surface area contributed by atoms with Gasteiger partial charge in [-0.1, -0.05) is 85.0 Å². The van der Waals surface area contributed by atoms with E-state index >= 15 is 0 Å². The highest BCUT2D eigenvalue weighted by molar-refractivity contribution is 5.86. The van der Waals surface area contributed by atoms with Gasteiger partial charge in [-0.15, -0.1) is 0 Å². The number of aromatic nitrogens is 3. The van der Waals surface area contributed by atoms with E-state index in [4.69, 9.17) is 9.97 Å². The average Bonchev–Trinajstić information content (AvgIpc) is 3.95. The second-order valence-electron chi connectivity index (χ2n) is 15.1. The van der Waals surface area contributed by atoms with E-state index in [0.29, 0.717) is 11.8 Å². The Morgan fingerprint density at radius 1 is 0.509 bits per heavy atom. The van der Waals surface area contributed by atoms with Crippen LogP contribution in [-0.4, -0.2) is 14.4 Å². The number of para-hydroxylation sites is 2. The van der Waals surface area contributed by atoms with Crippen LogP contribution in [-0.2, 0) is 0 Å². The Bertz CT molecular complexity index is 2750. The van der Waals surface area contributed by atoms with Crippen LogP contribution in [0, 0.1) is 11.8 Å². The van der Waals surface area contributed by atoms with Gasteiger partial charge in [0.1, 0.15) is 0 Å². The van der Waals surface area contributed by atoms with Gasteiger partial charge in [-0.05, 0) is 131 Å². The fraction of sp³-hybridized carbons (Fsp3) is 0.0980. The fourth-order valence-corrected chi connectivity index (χ4v) is 8.73. The van der Waals surface area contributed by atoms with Crippen molar-refractivity contribution in [2.45, 2.75) is 19.3 Å². The van der Waals surface area contributed by atoms with Crippen LogP contribution < -0.4 is 4.90 Å². The lowest BCUT2D eigenvalue weighted by atomic mass is 9.86. The molecule has 1 saturated carbocycles. The molecular formula is C51H38N4. The van der Waals surface area contributed by atoms with Gasteiger partial charge < -0.3 is 9.30 Å². The predicted octanol–water partition coefficient (Wildman–Crippen LogP) is 12.8. The van der Waals surface area contributed by atoms with Crippen molar-refractivity contribution in [3.05, 3.63) is 205 Å². The SMILES string of the molecule is C1=C(C2=CC=C(N(c3ccc(-c4cnc5ccccc5c4)cc3)c3ccc(-c4cnc5ccccc5c4)cc3)[C@H]3CC23)CCC(c2cc3ccccn3c2)=C1. The molecule has 0 aliphatic heterocycles. The van der Waals surface area contributed by atoms with Crippen molar-refractivity contribution in [2.24, 2.45) is 11.8 Å². The fourth-order valence-electron chi connectivity index (χ4n) is 8.73. The number of hydrogen-bond donors (Lipinski definition) is 0. The number of rotatable bonds is 7. The van der Waals surface area contributed by atoms with Crippen molar-refractivity contribution in [2.75, 3.05) is 4.90 Å². The van der Waals surface area contributed by atoms with Crippen molar-refractivity contribution in [3.63, 3.8) is 0 Å². The number of hydrogen-bond acceptors (Lipinski definition) is 3. The second-order valence-corrected chi connectivity index (χ2v) is 15.1. The van der Waals surface area contributed by atoms with Crippen LogP contribution in [0.5, 0.6) is 0 Å². The maximum Gasteiger partial charge on any atom is 0.0702 e. The van der Waals surface area contributed by atoms with Gasteiger partial charge in [-0.3, -0.25) is 9.97 Å². The van der Waals surface area contributed by atoms with E-state index in [9.17, 15) is 0 Å². The summed E-state index contributed by atoms with van der Waals surface area (Å²) in [6, 6.07) is 47.8. The molecule has 1 unspecified atom stereocenters. The molecule has 4 heteroatoms. The Balaban J connectivity index is 0.936. The minimum absolute atomic E-state index is 0.483. The number of pyridine rings is 3. The summed E-state index contributed by atoms with van der Waals surface area (Å²) in [5.41, 5.74) is 17.3. The molecule has 0 amide bonds. The normalized spacial score (nSPS) is 17.7. The highest BCUT2D eigenvalue weighted by Gasteiger charge is 2.47. The number of fused-ring (bicyclic) bond motifs is 4. The molecule has 262 valence electrons. The minimum Gasteiger partial charge on any atom is -0.323 e. The monoisotopic (exact) mass is 706 g/mol. The third kappa shape index (κ3) is 5.78. The first kappa shape index (κ1) is 31.7. The van der Waals surface area contributed by atoms with Crippen molar-refractivity contribution in [1.29, 1.82) is 0 Å². The lowest BCUT2D eigenvalue weighted by molar-refractivity contribution is 0.820. The summed E-state index contributed by atoms with van der Waals surface area (Å²) < 4.78 is 2.22. The van der Waals surface area contributed by atoms with Crippen molar-refractivity contribution >= 4 is 44.3 Å². The van der Waals surface area contributed by atoms with E-state index in [2.05, 4.69) is 167 Å². The van der Waals surface area contributed by atoms with Crippen LogP contribution in [0.1, 0.15) is 24.8 Å². The van der Waals surface area contributed by atoms with Gasteiger partial charge in [0, 0.05) is 75.2 Å². The van der Waals surface area contributed by atoms with Gasteiger partial charge >= 0.3 is 0 Å². The van der Waals surface area contributed by atoms with Gasteiger partial charge in [0.05, 0.1) is 11.0 Å². The Kier molecular flexibility index (Phi) is 7.48. The lowest BCUT2D eigenvalue weighted by Gasteiger charge is -2.30. The smallest absolute Gasteiger partial charge is 0.0702 e. The molecule has 3 aliphatic carbocycles. The predicted molar refractivity (Wildman–Crippen MR) is 227 cm³/mol. The van der Waals surface area contributed by atoms with Crippen LogP contribution in [0.4, 0.5) is 11.4 Å². The Labute approximate surface area is 320 Å². The van der Waals surface area contributed by atoms with Crippen LogP contribution in [0.3, 0.4) is 0 Å². The molecule has 0 radical (unpaired) electrons. The van der Waals surface area contributed by atoms with Crippen molar-refractivity contribution in [1.82, 2.24) is 14.4 Å². The number of benzene rings is 4. The third-order valence-corrected chi connectivity index (χ3v) is 11.8.